The van der Waals surface area contributed by atoms with E-state index in [2.05, 4.69) is 5.10 Å². The van der Waals surface area contributed by atoms with Crippen LogP contribution in [0.3, 0.4) is 0 Å². The number of para-hydroxylation sites is 1. The van der Waals surface area contributed by atoms with E-state index in [0.29, 0.717) is 0 Å². The fourth-order valence-electron chi connectivity index (χ4n) is 2.09. The van der Waals surface area contributed by atoms with Gasteiger partial charge in [-0.1, -0.05) is 18.2 Å². The lowest BCUT2D eigenvalue weighted by molar-refractivity contribution is -0.119. The summed E-state index contributed by atoms with van der Waals surface area (Å²) in [6.07, 6.45) is 0. The largest absolute Gasteiger partial charge is 0.272 e. The van der Waals surface area contributed by atoms with Gasteiger partial charge in [0.25, 0.3) is 5.91 Å². The molecule has 0 aromatic heterocycles. The molecule has 1 saturated heterocycles. The second-order valence-electron chi connectivity index (χ2n) is 4.10. The van der Waals surface area contributed by atoms with Gasteiger partial charge in [-0.15, -0.1) is 0 Å². The Kier molecular flexibility index (Phi) is 2.24. The van der Waals surface area contributed by atoms with E-state index in [1.807, 2.05) is 31.2 Å². The van der Waals surface area contributed by atoms with Gasteiger partial charge in [0.15, 0.2) is 0 Å². The van der Waals surface area contributed by atoms with Crippen molar-refractivity contribution in [2.45, 2.75) is 6.92 Å². The molecule has 0 bridgehead atoms. The van der Waals surface area contributed by atoms with Crippen LogP contribution in [-0.2, 0) is 4.79 Å². The van der Waals surface area contributed by atoms with Gasteiger partial charge in [-0.05, 0) is 18.6 Å². The van der Waals surface area contributed by atoms with Gasteiger partial charge >= 0.3 is 0 Å². The number of nitrogens with zero attached hydrogens (tertiary/aromatic N) is 2. The van der Waals surface area contributed by atoms with E-state index in [0.717, 1.165) is 28.5 Å². The van der Waals surface area contributed by atoms with E-state index < -0.39 is 0 Å². The Balaban J connectivity index is 2.01. The molecule has 0 N–H and O–H groups in total. The lowest BCUT2D eigenvalue weighted by Crippen LogP contribution is -2.27. The van der Waals surface area contributed by atoms with Crippen LogP contribution in [0.1, 0.15) is 5.56 Å². The molecule has 3 nitrogen and oxygen atoms in total. The number of aryl methyl sites for hydroxylation is 1. The molecule has 2 aliphatic heterocycles. The molecule has 1 aromatic carbocycles. The summed E-state index contributed by atoms with van der Waals surface area (Å²) in [6, 6.07) is 7.87. The quantitative estimate of drug-likeness (QED) is 0.742. The first kappa shape index (κ1) is 9.90. The molecule has 3 rings (SSSR count). The highest BCUT2D eigenvalue weighted by atomic mass is 32.2. The van der Waals surface area contributed by atoms with Crippen molar-refractivity contribution in [3.05, 3.63) is 29.8 Å². The summed E-state index contributed by atoms with van der Waals surface area (Å²) in [5, 5.41) is 6.02. The molecule has 4 heteroatoms. The van der Waals surface area contributed by atoms with Gasteiger partial charge in [-0.3, -0.25) is 4.79 Å². The van der Waals surface area contributed by atoms with Gasteiger partial charge in [0.05, 0.1) is 17.3 Å². The number of fused-ring (bicyclic) bond motifs is 1. The number of thioether (sulfide) groups is 1. The van der Waals surface area contributed by atoms with Crippen LogP contribution in [0.4, 0.5) is 5.69 Å². The van der Waals surface area contributed by atoms with Crippen LogP contribution in [0.2, 0.25) is 0 Å². The van der Waals surface area contributed by atoms with Crippen molar-refractivity contribution in [3.63, 3.8) is 0 Å². The summed E-state index contributed by atoms with van der Waals surface area (Å²) >= 11 is 1.79. The van der Waals surface area contributed by atoms with E-state index in [4.69, 9.17) is 0 Å². The van der Waals surface area contributed by atoms with Crippen LogP contribution < -0.4 is 5.01 Å². The molecule has 0 spiro atoms. The number of carbonyl (C=O) groups excluding carboxylic acids is 1. The Hall–Kier alpha value is -1.29. The maximum absolute atomic E-state index is 12.1. The molecule has 1 unspecified atom stereocenters. The van der Waals surface area contributed by atoms with Crippen LogP contribution in [0.25, 0.3) is 0 Å². The highest BCUT2D eigenvalue weighted by Gasteiger charge is 2.40. The molecule has 16 heavy (non-hydrogen) atoms. The van der Waals surface area contributed by atoms with Gasteiger partial charge < -0.3 is 0 Å². The number of rotatable bonds is 1. The number of anilines is 1. The zero-order chi connectivity index (χ0) is 11.1. The van der Waals surface area contributed by atoms with Crippen molar-refractivity contribution in [3.8, 4) is 0 Å². The molecule has 1 aromatic rings. The minimum atomic E-state index is 0.0320. The van der Waals surface area contributed by atoms with E-state index in [1.165, 1.54) is 0 Å². The molecular weight excluding hydrogens is 220 g/mol. The van der Waals surface area contributed by atoms with Gasteiger partial charge in [0.1, 0.15) is 0 Å². The smallest absolute Gasteiger partial charge is 0.257 e. The van der Waals surface area contributed by atoms with Crippen molar-refractivity contribution < 1.29 is 4.79 Å². The van der Waals surface area contributed by atoms with E-state index >= 15 is 0 Å². The van der Waals surface area contributed by atoms with E-state index in [-0.39, 0.29) is 11.8 Å². The Morgan fingerprint density at radius 2 is 2.25 bits per heavy atom. The third kappa shape index (κ3) is 1.37. The van der Waals surface area contributed by atoms with E-state index in [9.17, 15) is 4.79 Å². The highest BCUT2D eigenvalue weighted by Crippen LogP contribution is 2.32. The van der Waals surface area contributed by atoms with Crippen molar-refractivity contribution in [1.82, 2.24) is 0 Å². The summed E-state index contributed by atoms with van der Waals surface area (Å²) in [4.78, 5) is 12.1. The number of carbonyl (C=O) groups is 1. The summed E-state index contributed by atoms with van der Waals surface area (Å²) in [7, 11) is 0. The minimum absolute atomic E-state index is 0.0320. The van der Waals surface area contributed by atoms with Gasteiger partial charge in [-0.2, -0.15) is 21.9 Å². The second kappa shape index (κ2) is 3.63. The molecule has 0 radical (unpaired) electrons. The molecule has 2 aliphatic rings. The maximum Gasteiger partial charge on any atom is 0.257 e. The molecule has 1 atom stereocenters. The van der Waals surface area contributed by atoms with Crippen molar-refractivity contribution in [1.29, 1.82) is 0 Å². The van der Waals surface area contributed by atoms with Gasteiger partial charge in [0, 0.05) is 11.5 Å². The molecule has 0 saturated carbocycles. The number of hydrazone groups is 1. The summed E-state index contributed by atoms with van der Waals surface area (Å²) < 4.78 is 0. The number of amides is 1. The Morgan fingerprint density at radius 3 is 3.00 bits per heavy atom. The number of hydrogen-bond acceptors (Lipinski definition) is 3. The molecular formula is C12H12N2OS. The van der Waals surface area contributed by atoms with Crippen molar-refractivity contribution >= 4 is 29.1 Å². The average Bonchev–Trinajstić information content (AvgIpc) is 2.83. The van der Waals surface area contributed by atoms with Gasteiger partial charge in [-0.25, -0.2) is 0 Å². The Morgan fingerprint density at radius 1 is 1.44 bits per heavy atom. The first-order chi connectivity index (χ1) is 7.77. The van der Waals surface area contributed by atoms with Gasteiger partial charge in [0.2, 0.25) is 0 Å². The summed E-state index contributed by atoms with van der Waals surface area (Å²) in [5.74, 6) is 1.96. The van der Waals surface area contributed by atoms with Crippen LogP contribution >= 0.6 is 11.8 Å². The average molecular weight is 232 g/mol. The van der Waals surface area contributed by atoms with Crippen molar-refractivity contribution in [2.24, 2.45) is 11.0 Å². The predicted molar refractivity (Wildman–Crippen MR) is 66.9 cm³/mol. The molecule has 82 valence electrons. The lowest BCUT2D eigenvalue weighted by atomic mass is 10.1. The zero-order valence-electron chi connectivity index (χ0n) is 9.01. The fraction of sp³-hybridized carbons (Fsp3) is 0.333. The number of hydrogen-bond donors (Lipinski definition) is 0. The summed E-state index contributed by atoms with van der Waals surface area (Å²) in [6.45, 7) is 2.01. The zero-order valence-corrected chi connectivity index (χ0v) is 9.83. The number of benzene rings is 1. The predicted octanol–water partition coefficient (Wildman–Crippen LogP) is 2.06. The topological polar surface area (TPSA) is 32.7 Å². The molecule has 2 heterocycles. The van der Waals surface area contributed by atoms with Crippen LogP contribution in [-0.4, -0.2) is 23.1 Å². The highest BCUT2D eigenvalue weighted by molar-refractivity contribution is 8.00. The Bertz CT molecular complexity index is 484. The monoisotopic (exact) mass is 232 g/mol. The third-order valence-corrected chi connectivity index (χ3v) is 4.08. The first-order valence-electron chi connectivity index (χ1n) is 5.32. The third-order valence-electron chi connectivity index (χ3n) is 3.02. The Labute approximate surface area is 98.5 Å². The lowest BCUT2D eigenvalue weighted by Gasteiger charge is -2.15. The second-order valence-corrected chi connectivity index (χ2v) is 5.13. The molecule has 1 amide bonds. The van der Waals surface area contributed by atoms with Crippen LogP contribution in [0.5, 0.6) is 0 Å². The normalized spacial score (nSPS) is 23.6. The molecule has 1 fully saturated rings. The summed E-state index contributed by atoms with van der Waals surface area (Å²) in [5.41, 5.74) is 3.05. The standard InChI is InChI=1S/C12H12N2OS/c1-8-4-2-3-5-11(8)14-12(15)9-6-16-7-10(9)13-14/h2-5,9H,6-7H2,1H3. The van der Waals surface area contributed by atoms with E-state index in [1.54, 1.807) is 16.8 Å². The SMILES string of the molecule is Cc1ccccc1N1N=C2CSCC2C1=O. The van der Waals surface area contributed by atoms with Crippen LogP contribution in [0.15, 0.2) is 29.4 Å². The molecule has 0 aliphatic carbocycles. The fourth-order valence-corrected chi connectivity index (χ4v) is 3.25. The van der Waals surface area contributed by atoms with Crippen molar-refractivity contribution in [2.75, 3.05) is 16.5 Å². The maximum atomic E-state index is 12.1. The minimum Gasteiger partial charge on any atom is -0.272 e. The van der Waals surface area contributed by atoms with Crippen LogP contribution in [0, 0.1) is 12.8 Å². The first-order valence-corrected chi connectivity index (χ1v) is 6.47.